The molecule has 0 aliphatic carbocycles. The summed E-state index contributed by atoms with van der Waals surface area (Å²) >= 11 is 0. The van der Waals surface area contributed by atoms with E-state index in [0.29, 0.717) is 17.6 Å². The third kappa shape index (κ3) is 4.87. The van der Waals surface area contributed by atoms with Crippen LogP contribution in [0.1, 0.15) is 11.4 Å². The molecule has 0 aromatic carbocycles. The van der Waals surface area contributed by atoms with Crippen molar-refractivity contribution in [3.05, 3.63) is 35.9 Å². The topological polar surface area (TPSA) is 182 Å². The van der Waals surface area contributed by atoms with E-state index >= 15 is 0 Å². The lowest BCUT2D eigenvalue weighted by Gasteiger charge is -2.11. The number of rotatable bonds is 9. The first-order valence-electron chi connectivity index (χ1n) is 8.93. The number of aliphatic hydroxyl groups excluding tert-OH is 2. The van der Waals surface area contributed by atoms with E-state index in [1.54, 1.807) is 25.4 Å². The number of nitriles is 1. The third-order valence-corrected chi connectivity index (χ3v) is 3.68. The number of aliphatic hydroxyl groups is 2. The zero-order chi connectivity index (χ0) is 21.3. The predicted octanol–water partition coefficient (Wildman–Crippen LogP) is 0.856. The number of anilines is 2. The molecule has 3 rings (SSSR count). The second-order valence-corrected chi connectivity index (χ2v) is 5.78. The summed E-state index contributed by atoms with van der Waals surface area (Å²) in [6.07, 6.45) is 3.18. The first-order valence-corrected chi connectivity index (χ1v) is 8.93. The molecule has 0 spiro atoms. The average Bonchev–Trinajstić information content (AvgIpc) is 3.16. The van der Waals surface area contributed by atoms with Gasteiger partial charge in [-0.1, -0.05) is 0 Å². The van der Waals surface area contributed by atoms with Crippen LogP contribution in [-0.2, 0) is 0 Å². The highest BCUT2D eigenvalue weighted by atomic mass is 16.3. The van der Waals surface area contributed by atoms with Crippen molar-refractivity contribution in [1.82, 2.24) is 29.7 Å². The van der Waals surface area contributed by atoms with Crippen LogP contribution in [0.25, 0.3) is 5.95 Å². The fourth-order valence-electron chi connectivity index (χ4n) is 2.38. The molecule has 0 saturated carbocycles. The van der Waals surface area contributed by atoms with Crippen LogP contribution in [0.3, 0.4) is 0 Å². The van der Waals surface area contributed by atoms with Gasteiger partial charge in [0, 0.05) is 25.5 Å². The van der Waals surface area contributed by atoms with Crippen LogP contribution in [0, 0.1) is 18.3 Å². The lowest BCUT2D eigenvalue weighted by molar-refractivity contribution is 0.311. The molecule has 0 unspecified atom stereocenters. The Balaban J connectivity index is 1.93. The molecule has 0 bridgehead atoms. The van der Waals surface area contributed by atoms with Crippen molar-refractivity contribution in [3.63, 3.8) is 0 Å². The molecule has 4 N–H and O–H groups in total. The highest BCUT2D eigenvalue weighted by Gasteiger charge is 2.13. The molecule has 154 valence electrons. The smallest absolute Gasteiger partial charge is 0.288 e. The van der Waals surface area contributed by atoms with E-state index in [0.717, 1.165) is 0 Å². The largest absolute Gasteiger partial charge is 0.395 e. The highest BCUT2D eigenvalue weighted by Crippen LogP contribution is 2.29. The van der Waals surface area contributed by atoms with E-state index in [2.05, 4.69) is 45.9 Å². The van der Waals surface area contributed by atoms with Crippen LogP contribution in [0.15, 0.2) is 34.8 Å². The SMILES string of the molecule is Cc1nc(/N=N/c2cc(C#N)c(NCCO)nc2NCCO)nn1-c1ncccn1. The van der Waals surface area contributed by atoms with Crippen molar-refractivity contribution in [2.45, 2.75) is 6.92 Å². The van der Waals surface area contributed by atoms with Crippen molar-refractivity contribution in [2.24, 2.45) is 10.2 Å². The third-order valence-electron chi connectivity index (χ3n) is 3.68. The average molecular weight is 409 g/mol. The molecule has 3 aromatic rings. The standard InChI is InChI=1S/C17H19N11O2/c1-11-23-16(27-28(11)17-21-3-2-4-22-17)26-25-13-9-12(10-18)14(19-5-7-29)24-15(13)20-6-8-30/h2-4,9,29-30H,5-8H2,1H3,(H2,19,20,24)/b26-25+. The predicted molar refractivity (Wildman–Crippen MR) is 106 cm³/mol. The summed E-state index contributed by atoms with van der Waals surface area (Å²) in [4.78, 5) is 16.8. The maximum Gasteiger partial charge on any atom is 0.288 e. The van der Waals surface area contributed by atoms with Crippen LogP contribution >= 0.6 is 0 Å². The van der Waals surface area contributed by atoms with E-state index in [1.165, 1.54) is 10.7 Å². The van der Waals surface area contributed by atoms with Crippen molar-refractivity contribution < 1.29 is 10.2 Å². The van der Waals surface area contributed by atoms with Gasteiger partial charge in [0.05, 0.1) is 18.8 Å². The van der Waals surface area contributed by atoms with Gasteiger partial charge in [0.2, 0.25) is 0 Å². The summed E-state index contributed by atoms with van der Waals surface area (Å²) in [5.41, 5.74) is 0.485. The van der Waals surface area contributed by atoms with E-state index in [9.17, 15) is 5.26 Å². The van der Waals surface area contributed by atoms with Crippen LogP contribution in [-0.4, -0.2) is 66.2 Å². The lowest BCUT2D eigenvalue weighted by Crippen LogP contribution is -2.12. The number of hydrogen-bond acceptors (Lipinski definition) is 12. The molecule has 0 aliphatic heterocycles. The number of aryl methyl sites for hydroxylation is 1. The molecular formula is C17H19N11O2. The van der Waals surface area contributed by atoms with Gasteiger partial charge in [-0.3, -0.25) is 0 Å². The minimum absolute atomic E-state index is 0.0778. The fourth-order valence-corrected chi connectivity index (χ4v) is 2.38. The van der Waals surface area contributed by atoms with Crippen LogP contribution in [0.2, 0.25) is 0 Å². The van der Waals surface area contributed by atoms with Crippen LogP contribution in [0.5, 0.6) is 0 Å². The van der Waals surface area contributed by atoms with Crippen LogP contribution in [0.4, 0.5) is 23.3 Å². The van der Waals surface area contributed by atoms with E-state index in [1.807, 2.05) is 6.07 Å². The Hall–Kier alpha value is -4.02. The number of azo groups is 1. The van der Waals surface area contributed by atoms with Crippen molar-refractivity contribution in [2.75, 3.05) is 36.9 Å². The van der Waals surface area contributed by atoms with Gasteiger partial charge in [0.15, 0.2) is 5.82 Å². The molecule has 3 aromatic heterocycles. The summed E-state index contributed by atoms with van der Waals surface area (Å²) in [5, 5.41) is 45.6. The number of hydrogen-bond donors (Lipinski definition) is 4. The molecule has 0 atom stereocenters. The van der Waals surface area contributed by atoms with Crippen molar-refractivity contribution in [1.29, 1.82) is 5.26 Å². The Morgan fingerprint density at radius 3 is 2.43 bits per heavy atom. The Kier molecular flexibility index (Phi) is 6.87. The Morgan fingerprint density at radius 1 is 1.07 bits per heavy atom. The van der Waals surface area contributed by atoms with E-state index in [-0.39, 0.29) is 49.3 Å². The van der Waals surface area contributed by atoms with Gasteiger partial charge in [-0.25, -0.2) is 15.0 Å². The molecular weight excluding hydrogens is 390 g/mol. The number of nitrogens with one attached hydrogen (secondary N) is 2. The summed E-state index contributed by atoms with van der Waals surface area (Å²) < 4.78 is 1.43. The molecule has 0 radical (unpaired) electrons. The Labute approximate surface area is 171 Å². The summed E-state index contributed by atoms with van der Waals surface area (Å²) in [5.74, 6) is 1.53. The van der Waals surface area contributed by atoms with Gasteiger partial charge in [-0.15, -0.1) is 15.3 Å². The first kappa shape index (κ1) is 20.7. The molecule has 0 amide bonds. The first-order chi connectivity index (χ1) is 14.7. The quantitative estimate of drug-likeness (QED) is 0.370. The molecule has 0 saturated heterocycles. The molecule has 13 nitrogen and oxygen atoms in total. The van der Waals surface area contributed by atoms with E-state index < -0.39 is 0 Å². The summed E-state index contributed by atoms with van der Waals surface area (Å²) in [6, 6.07) is 5.20. The zero-order valence-corrected chi connectivity index (χ0v) is 16.1. The van der Waals surface area contributed by atoms with Gasteiger partial charge >= 0.3 is 0 Å². The molecule has 3 heterocycles. The molecule has 30 heavy (non-hydrogen) atoms. The monoisotopic (exact) mass is 409 g/mol. The van der Waals surface area contributed by atoms with Gasteiger partial charge < -0.3 is 20.8 Å². The summed E-state index contributed by atoms with van der Waals surface area (Å²) in [7, 11) is 0. The molecule has 13 heteroatoms. The lowest BCUT2D eigenvalue weighted by atomic mass is 10.2. The van der Waals surface area contributed by atoms with Gasteiger partial charge in [0.1, 0.15) is 23.4 Å². The van der Waals surface area contributed by atoms with E-state index in [4.69, 9.17) is 10.2 Å². The minimum Gasteiger partial charge on any atom is -0.395 e. The van der Waals surface area contributed by atoms with Crippen molar-refractivity contribution >= 4 is 23.3 Å². The second-order valence-electron chi connectivity index (χ2n) is 5.78. The van der Waals surface area contributed by atoms with Gasteiger partial charge in [-0.2, -0.15) is 14.9 Å². The number of aromatic nitrogens is 6. The number of pyridine rings is 1. The van der Waals surface area contributed by atoms with Gasteiger partial charge in [-0.05, 0) is 19.1 Å². The van der Waals surface area contributed by atoms with Crippen LogP contribution < -0.4 is 10.6 Å². The second kappa shape index (κ2) is 9.96. The Morgan fingerprint density at radius 2 is 1.77 bits per heavy atom. The fraction of sp³-hybridized carbons (Fsp3) is 0.294. The maximum absolute atomic E-state index is 9.39. The summed E-state index contributed by atoms with van der Waals surface area (Å²) in [6.45, 7) is 1.93. The number of nitrogens with zero attached hydrogens (tertiary/aromatic N) is 9. The normalized spacial score (nSPS) is 10.9. The van der Waals surface area contributed by atoms with Gasteiger partial charge in [0.25, 0.3) is 11.9 Å². The maximum atomic E-state index is 9.39. The highest BCUT2D eigenvalue weighted by molar-refractivity contribution is 5.69. The van der Waals surface area contributed by atoms with Crippen molar-refractivity contribution in [3.8, 4) is 12.0 Å². The Bertz CT molecular complexity index is 1060. The minimum atomic E-state index is -0.125. The molecule has 0 fully saturated rings. The zero-order valence-electron chi connectivity index (χ0n) is 16.1. The molecule has 0 aliphatic rings.